The molecule has 212 valence electrons. The summed E-state index contributed by atoms with van der Waals surface area (Å²) in [5.74, 6) is 1.26. The van der Waals surface area contributed by atoms with Gasteiger partial charge in [-0.1, -0.05) is 0 Å². The van der Waals surface area contributed by atoms with E-state index < -0.39 is 0 Å². The van der Waals surface area contributed by atoms with Gasteiger partial charge in [-0.3, -0.25) is 14.6 Å². The number of fused-ring (bicyclic) bond motifs is 2. The van der Waals surface area contributed by atoms with Crippen LogP contribution in [-0.2, 0) is 22.6 Å². The highest BCUT2D eigenvalue weighted by Crippen LogP contribution is 2.34. The van der Waals surface area contributed by atoms with Crippen molar-refractivity contribution in [2.24, 2.45) is 5.73 Å². The Kier molecular flexibility index (Phi) is 6.93. The van der Waals surface area contributed by atoms with Crippen molar-refractivity contribution in [3.8, 4) is 11.4 Å². The first-order chi connectivity index (χ1) is 19.2. The number of carbonyl (C=O) groups is 1. The zero-order valence-corrected chi connectivity index (χ0v) is 23.3. The van der Waals surface area contributed by atoms with Crippen LogP contribution in [0.1, 0.15) is 26.6 Å². The monoisotopic (exact) mass is 549 g/mol. The Bertz CT molecular complexity index is 1560. The van der Waals surface area contributed by atoms with Gasteiger partial charge in [0.25, 0.3) is 0 Å². The molecular weight excluding hydrogens is 513 g/mol. The van der Waals surface area contributed by atoms with E-state index in [0.29, 0.717) is 62.2 Å². The average Bonchev–Trinajstić information content (AvgIpc) is 3.53. The van der Waals surface area contributed by atoms with Crippen LogP contribution in [0.2, 0.25) is 0 Å². The van der Waals surface area contributed by atoms with Gasteiger partial charge in [-0.2, -0.15) is 0 Å². The largest absolute Gasteiger partial charge is 0.378 e. The molecule has 0 spiro atoms. The Labute approximate surface area is 232 Å². The number of rotatable bonds is 7. The molecule has 1 amide bonds. The molecule has 2 fully saturated rings. The number of aromatic nitrogens is 5. The van der Waals surface area contributed by atoms with Gasteiger partial charge >= 0.3 is 0 Å². The van der Waals surface area contributed by atoms with Gasteiger partial charge in [0.2, 0.25) is 5.91 Å². The summed E-state index contributed by atoms with van der Waals surface area (Å²) in [5, 5.41) is 0.742. The number of imidazole rings is 1. The van der Waals surface area contributed by atoms with Gasteiger partial charge in [-0.25, -0.2) is 19.3 Å². The van der Waals surface area contributed by atoms with Crippen molar-refractivity contribution >= 4 is 33.8 Å². The summed E-state index contributed by atoms with van der Waals surface area (Å²) in [7, 11) is 0. The van der Waals surface area contributed by atoms with Gasteiger partial charge in [0.15, 0.2) is 22.8 Å². The Morgan fingerprint density at radius 1 is 1.12 bits per heavy atom. The molecule has 2 saturated heterocycles. The highest BCUT2D eigenvalue weighted by atomic mass is 19.1. The summed E-state index contributed by atoms with van der Waals surface area (Å²) in [6.45, 7) is 12.7. The molecule has 0 radical (unpaired) electrons. The summed E-state index contributed by atoms with van der Waals surface area (Å²) < 4.78 is 23.1. The maximum absolute atomic E-state index is 15.3. The number of benzene rings is 1. The Balaban J connectivity index is 1.43. The molecular formula is C28H36FN9O2. The Morgan fingerprint density at radius 2 is 1.93 bits per heavy atom. The number of hydrogen-bond donors (Lipinski definition) is 2. The molecule has 11 nitrogen and oxygen atoms in total. The molecule has 0 unspecified atom stereocenters. The highest BCUT2D eigenvalue weighted by molar-refractivity contribution is 5.95. The number of carbonyl (C=O) groups excluding carboxylic acids is 1. The SMILES string of the molecule is CCn1c(CN2CCN(CC(N)=O)C(C)(C)C2)nc2c(N3CCOCC3)nc(-c3c(F)ccc4[nH]ccc34)nc21. The molecule has 0 atom stereocenters. The second-order valence-corrected chi connectivity index (χ2v) is 11.2. The van der Waals surface area contributed by atoms with Gasteiger partial charge in [0.1, 0.15) is 11.6 Å². The Morgan fingerprint density at radius 3 is 2.65 bits per heavy atom. The number of anilines is 1. The van der Waals surface area contributed by atoms with Crippen LogP contribution in [0.15, 0.2) is 24.4 Å². The lowest BCUT2D eigenvalue weighted by molar-refractivity contribution is -0.121. The third-order valence-electron chi connectivity index (χ3n) is 8.05. The third kappa shape index (κ3) is 4.80. The number of H-pyrrole nitrogens is 1. The number of piperazine rings is 1. The van der Waals surface area contributed by atoms with E-state index in [9.17, 15) is 4.79 Å². The molecule has 0 saturated carbocycles. The van der Waals surface area contributed by atoms with Crippen molar-refractivity contribution in [3.05, 3.63) is 36.0 Å². The maximum Gasteiger partial charge on any atom is 0.231 e. The van der Waals surface area contributed by atoms with Crippen LogP contribution in [-0.4, -0.2) is 98.2 Å². The molecule has 40 heavy (non-hydrogen) atoms. The van der Waals surface area contributed by atoms with Gasteiger partial charge in [0.05, 0.1) is 31.9 Å². The summed E-state index contributed by atoms with van der Waals surface area (Å²) in [5.41, 5.74) is 7.90. The smallest absolute Gasteiger partial charge is 0.231 e. The van der Waals surface area contributed by atoms with Crippen LogP contribution >= 0.6 is 0 Å². The van der Waals surface area contributed by atoms with Crippen molar-refractivity contribution in [2.75, 3.05) is 57.4 Å². The average molecular weight is 550 g/mol. The van der Waals surface area contributed by atoms with E-state index in [-0.39, 0.29) is 23.8 Å². The fraction of sp³-hybridized carbons (Fsp3) is 0.500. The van der Waals surface area contributed by atoms with E-state index in [1.807, 2.05) is 6.07 Å². The lowest BCUT2D eigenvalue weighted by Gasteiger charge is -2.46. The van der Waals surface area contributed by atoms with Crippen molar-refractivity contribution in [1.82, 2.24) is 34.3 Å². The van der Waals surface area contributed by atoms with Crippen LogP contribution < -0.4 is 10.6 Å². The summed E-state index contributed by atoms with van der Waals surface area (Å²) in [6.07, 6.45) is 1.80. The first-order valence-corrected chi connectivity index (χ1v) is 13.9. The summed E-state index contributed by atoms with van der Waals surface area (Å²) >= 11 is 0. The van der Waals surface area contributed by atoms with Crippen molar-refractivity contribution in [2.45, 2.75) is 39.4 Å². The zero-order chi connectivity index (χ0) is 28.0. The minimum absolute atomic E-state index is 0.213. The normalized spacial score (nSPS) is 18.6. The number of primary amides is 1. The van der Waals surface area contributed by atoms with Crippen LogP contribution in [0.4, 0.5) is 10.2 Å². The lowest BCUT2D eigenvalue weighted by atomic mass is 9.98. The van der Waals surface area contributed by atoms with E-state index in [1.54, 1.807) is 12.3 Å². The molecule has 4 aromatic rings. The second kappa shape index (κ2) is 10.4. The fourth-order valence-electron chi connectivity index (χ4n) is 6.03. The van der Waals surface area contributed by atoms with E-state index in [1.165, 1.54) is 6.07 Å². The standard InChI is InChI=1S/C28H36FN9O2/c1-4-38-22(16-35-9-10-37(15-21(30)39)28(2,3)17-35)32-24-26(36-11-13-40-14-12-36)33-25(34-27(24)38)23-18-7-8-31-20(18)6-5-19(23)29/h5-8,31H,4,9-17H2,1-3H3,(H2,30,39). The molecule has 5 heterocycles. The van der Waals surface area contributed by atoms with Gasteiger partial charge in [-0.05, 0) is 39.0 Å². The number of nitrogens with one attached hydrogen (secondary N) is 1. The number of halogens is 1. The number of nitrogens with zero attached hydrogens (tertiary/aromatic N) is 7. The Hall–Kier alpha value is -3.61. The first-order valence-electron chi connectivity index (χ1n) is 13.9. The van der Waals surface area contributed by atoms with Crippen LogP contribution in [0.25, 0.3) is 33.5 Å². The minimum Gasteiger partial charge on any atom is -0.378 e. The van der Waals surface area contributed by atoms with E-state index in [4.69, 9.17) is 25.4 Å². The van der Waals surface area contributed by atoms with E-state index in [2.05, 4.69) is 45.0 Å². The molecule has 3 N–H and O–H groups in total. The van der Waals surface area contributed by atoms with Gasteiger partial charge in [0, 0.05) is 61.9 Å². The third-order valence-corrected chi connectivity index (χ3v) is 8.05. The van der Waals surface area contributed by atoms with Gasteiger partial charge < -0.3 is 24.9 Å². The molecule has 2 aliphatic rings. The van der Waals surface area contributed by atoms with Crippen molar-refractivity contribution < 1.29 is 13.9 Å². The fourth-order valence-corrected chi connectivity index (χ4v) is 6.03. The number of aromatic amines is 1. The maximum atomic E-state index is 15.3. The van der Waals surface area contributed by atoms with E-state index in [0.717, 1.165) is 41.9 Å². The predicted molar refractivity (Wildman–Crippen MR) is 151 cm³/mol. The number of morpholine rings is 1. The molecule has 2 aliphatic heterocycles. The topological polar surface area (TPSA) is 121 Å². The summed E-state index contributed by atoms with van der Waals surface area (Å²) in [6, 6.07) is 5.05. The lowest BCUT2D eigenvalue weighted by Crippen LogP contribution is -2.60. The van der Waals surface area contributed by atoms with Gasteiger partial charge in [-0.15, -0.1) is 0 Å². The highest BCUT2D eigenvalue weighted by Gasteiger charge is 2.35. The number of aryl methyl sites for hydroxylation is 1. The first kappa shape index (κ1) is 26.6. The van der Waals surface area contributed by atoms with Crippen molar-refractivity contribution in [3.63, 3.8) is 0 Å². The van der Waals surface area contributed by atoms with Crippen LogP contribution in [0.5, 0.6) is 0 Å². The molecule has 0 aliphatic carbocycles. The molecule has 1 aromatic carbocycles. The minimum atomic E-state index is -0.363. The number of ether oxygens (including phenoxy) is 1. The molecule has 0 bridgehead atoms. The van der Waals surface area contributed by atoms with E-state index >= 15 is 4.39 Å². The zero-order valence-electron chi connectivity index (χ0n) is 23.3. The number of amides is 1. The quantitative estimate of drug-likeness (QED) is 0.360. The van der Waals surface area contributed by atoms with Crippen LogP contribution in [0, 0.1) is 5.82 Å². The van der Waals surface area contributed by atoms with Crippen LogP contribution in [0.3, 0.4) is 0 Å². The predicted octanol–water partition coefficient (Wildman–Crippen LogP) is 2.35. The molecule has 3 aromatic heterocycles. The van der Waals surface area contributed by atoms with Crippen molar-refractivity contribution in [1.29, 1.82) is 0 Å². The molecule has 12 heteroatoms. The second-order valence-electron chi connectivity index (χ2n) is 11.2. The number of hydrogen-bond acceptors (Lipinski definition) is 8. The number of nitrogens with two attached hydrogens (primary N) is 1. The summed E-state index contributed by atoms with van der Waals surface area (Å²) in [4.78, 5) is 36.4. The molecule has 6 rings (SSSR count).